The molecule has 0 heterocycles. The Balaban J connectivity index is 2.23. The molecule has 0 amide bonds. The summed E-state index contributed by atoms with van der Waals surface area (Å²) < 4.78 is 10.7. The monoisotopic (exact) mass is 305 g/mol. The Morgan fingerprint density at radius 1 is 1.19 bits per heavy atom. The van der Waals surface area contributed by atoms with Gasteiger partial charge in [0.25, 0.3) is 0 Å². The summed E-state index contributed by atoms with van der Waals surface area (Å²) in [7, 11) is 0. The molecule has 0 saturated carbocycles. The maximum Gasteiger partial charge on any atom is 0.341 e. The standard InChI is InChI=1S/C16H16ClNO3/c1-2-20-16(19)12-7-5-9-14(18)15(12)21-10-11-6-3-4-8-13(11)17/h3-9H,2,10,18H2,1H3. The second kappa shape index (κ2) is 6.99. The molecule has 0 spiro atoms. The lowest BCUT2D eigenvalue weighted by molar-refractivity contribution is 0.0521. The van der Waals surface area contributed by atoms with Crippen molar-refractivity contribution in [1.82, 2.24) is 0 Å². The minimum atomic E-state index is -0.459. The van der Waals surface area contributed by atoms with Crippen molar-refractivity contribution in [2.45, 2.75) is 13.5 Å². The van der Waals surface area contributed by atoms with Gasteiger partial charge in [0, 0.05) is 10.6 Å². The first-order chi connectivity index (χ1) is 10.1. The predicted octanol–water partition coefficient (Wildman–Crippen LogP) is 3.68. The quantitative estimate of drug-likeness (QED) is 0.676. The number of hydrogen-bond acceptors (Lipinski definition) is 4. The van der Waals surface area contributed by atoms with Crippen molar-refractivity contribution < 1.29 is 14.3 Å². The summed E-state index contributed by atoms with van der Waals surface area (Å²) in [4.78, 5) is 11.9. The van der Waals surface area contributed by atoms with Gasteiger partial charge in [-0.2, -0.15) is 0 Å². The average Bonchev–Trinajstić information content (AvgIpc) is 2.47. The second-order valence-electron chi connectivity index (χ2n) is 4.32. The van der Waals surface area contributed by atoms with E-state index in [0.29, 0.717) is 22.0 Å². The van der Waals surface area contributed by atoms with Crippen molar-refractivity contribution in [3.05, 3.63) is 58.6 Å². The van der Waals surface area contributed by atoms with Gasteiger partial charge in [-0.05, 0) is 25.1 Å². The van der Waals surface area contributed by atoms with Crippen LogP contribution in [-0.4, -0.2) is 12.6 Å². The maximum atomic E-state index is 11.9. The van der Waals surface area contributed by atoms with Gasteiger partial charge in [0.05, 0.1) is 12.3 Å². The molecular formula is C16H16ClNO3. The fourth-order valence-electron chi connectivity index (χ4n) is 1.85. The lowest BCUT2D eigenvalue weighted by Gasteiger charge is -2.13. The first kappa shape index (κ1) is 15.2. The molecule has 2 aromatic carbocycles. The number of halogens is 1. The van der Waals surface area contributed by atoms with Gasteiger partial charge in [0.1, 0.15) is 12.2 Å². The van der Waals surface area contributed by atoms with Crippen molar-refractivity contribution in [3.63, 3.8) is 0 Å². The van der Waals surface area contributed by atoms with E-state index in [1.54, 1.807) is 31.2 Å². The van der Waals surface area contributed by atoms with E-state index in [-0.39, 0.29) is 13.2 Å². The third-order valence-electron chi connectivity index (χ3n) is 2.87. The molecule has 2 rings (SSSR count). The van der Waals surface area contributed by atoms with Crippen LogP contribution < -0.4 is 10.5 Å². The molecule has 0 saturated heterocycles. The molecule has 0 bridgehead atoms. The number of para-hydroxylation sites is 1. The Bertz CT molecular complexity index is 643. The number of carbonyl (C=O) groups is 1. The smallest absolute Gasteiger partial charge is 0.341 e. The Labute approximate surface area is 128 Å². The van der Waals surface area contributed by atoms with Crippen molar-refractivity contribution in [2.75, 3.05) is 12.3 Å². The molecule has 0 aliphatic heterocycles. The summed E-state index contributed by atoms with van der Waals surface area (Å²) in [6, 6.07) is 12.3. The van der Waals surface area contributed by atoms with Gasteiger partial charge < -0.3 is 15.2 Å². The van der Waals surface area contributed by atoms with Gasteiger partial charge in [-0.3, -0.25) is 0 Å². The summed E-state index contributed by atoms with van der Waals surface area (Å²) in [6.07, 6.45) is 0. The minimum absolute atomic E-state index is 0.223. The number of carbonyl (C=O) groups excluding carboxylic acids is 1. The third-order valence-corrected chi connectivity index (χ3v) is 3.24. The predicted molar refractivity (Wildman–Crippen MR) is 82.6 cm³/mol. The molecule has 4 nitrogen and oxygen atoms in total. The van der Waals surface area contributed by atoms with Gasteiger partial charge in [-0.25, -0.2) is 4.79 Å². The zero-order valence-electron chi connectivity index (χ0n) is 11.6. The van der Waals surface area contributed by atoms with Crippen molar-refractivity contribution >= 4 is 23.3 Å². The molecule has 5 heteroatoms. The fourth-order valence-corrected chi connectivity index (χ4v) is 2.04. The highest BCUT2D eigenvalue weighted by molar-refractivity contribution is 6.31. The van der Waals surface area contributed by atoms with Crippen LogP contribution in [0.1, 0.15) is 22.8 Å². The zero-order valence-corrected chi connectivity index (χ0v) is 12.4. The van der Waals surface area contributed by atoms with E-state index in [1.807, 2.05) is 18.2 Å². The summed E-state index contributed by atoms with van der Waals surface area (Å²) in [5.74, 6) is -0.144. The molecule has 0 aromatic heterocycles. The molecule has 0 unspecified atom stereocenters. The maximum absolute atomic E-state index is 11.9. The molecule has 2 aromatic rings. The summed E-state index contributed by atoms with van der Waals surface area (Å²) in [6.45, 7) is 2.26. The zero-order chi connectivity index (χ0) is 15.2. The van der Waals surface area contributed by atoms with Gasteiger partial charge in [-0.15, -0.1) is 0 Å². The van der Waals surface area contributed by atoms with E-state index in [9.17, 15) is 4.79 Å². The number of esters is 1. The molecule has 0 fully saturated rings. The molecule has 110 valence electrons. The Morgan fingerprint density at radius 3 is 2.67 bits per heavy atom. The van der Waals surface area contributed by atoms with Gasteiger partial charge in [0.2, 0.25) is 0 Å². The number of nitrogen functional groups attached to an aromatic ring is 1. The minimum Gasteiger partial charge on any atom is -0.486 e. The van der Waals surface area contributed by atoms with Crippen LogP contribution in [0.5, 0.6) is 5.75 Å². The lowest BCUT2D eigenvalue weighted by atomic mass is 10.1. The van der Waals surface area contributed by atoms with Crippen molar-refractivity contribution in [2.24, 2.45) is 0 Å². The highest BCUT2D eigenvalue weighted by atomic mass is 35.5. The first-order valence-electron chi connectivity index (χ1n) is 6.55. The van der Waals surface area contributed by atoms with Crippen LogP contribution in [0.3, 0.4) is 0 Å². The van der Waals surface area contributed by atoms with Crippen LogP contribution in [0.25, 0.3) is 0 Å². The van der Waals surface area contributed by atoms with Crippen molar-refractivity contribution in [3.8, 4) is 5.75 Å². The fraction of sp³-hybridized carbons (Fsp3) is 0.188. The van der Waals surface area contributed by atoms with E-state index < -0.39 is 5.97 Å². The number of ether oxygens (including phenoxy) is 2. The summed E-state index contributed by atoms with van der Waals surface area (Å²) in [5, 5.41) is 0.602. The number of hydrogen-bond donors (Lipinski definition) is 1. The highest BCUT2D eigenvalue weighted by Crippen LogP contribution is 2.28. The van der Waals surface area contributed by atoms with Crippen LogP contribution in [0.2, 0.25) is 5.02 Å². The Kier molecular flexibility index (Phi) is 5.06. The number of nitrogens with two attached hydrogens (primary N) is 1. The summed E-state index contributed by atoms with van der Waals surface area (Å²) in [5.41, 5.74) is 7.40. The van der Waals surface area contributed by atoms with E-state index >= 15 is 0 Å². The van der Waals surface area contributed by atoms with E-state index in [4.69, 9.17) is 26.8 Å². The van der Waals surface area contributed by atoms with E-state index in [0.717, 1.165) is 5.56 Å². The van der Waals surface area contributed by atoms with Crippen molar-refractivity contribution in [1.29, 1.82) is 0 Å². The molecule has 0 aliphatic carbocycles. The van der Waals surface area contributed by atoms with Crippen LogP contribution in [-0.2, 0) is 11.3 Å². The second-order valence-corrected chi connectivity index (χ2v) is 4.73. The van der Waals surface area contributed by atoms with E-state index in [1.165, 1.54) is 0 Å². The van der Waals surface area contributed by atoms with Crippen LogP contribution in [0.15, 0.2) is 42.5 Å². The van der Waals surface area contributed by atoms with Crippen LogP contribution in [0, 0.1) is 0 Å². The molecule has 21 heavy (non-hydrogen) atoms. The topological polar surface area (TPSA) is 61.5 Å². The van der Waals surface area contributed by atoms with Gasteiger partial charge >= 0.3 is 5.97 Å². The first-order valence-corrected chi connectivity index (χ1v) is 6.93. The Hall–Kier alpha value is -2.20. The van der Waals surface area contributed by atoms with Crippen LogP contribution in [0.4, 0.5) is 5.69 Å². The number of rotatable bonds is 5. The highest BCUT2D eigenvalue weighted by Gasteiger charge is 2.16. The molecule has 0 atom stereocenters. The molecule has 2 N–H and O–H groups in total. The molecule has 0 radical (unpaired) electrons. The molecular weight excluding hydrogens is 290 g/mol. The SMILES string of the molecule is CCOC(=O)c1cccc(N)c1OCc1ccccc1Cl. The number of benzene rings is 2. The molecule has 0 aliphatic rings. The summed E-state index contributed by atoms with van der Waals surface area (Å²) >= 11 is 6.08. The van der Waals surface area contributed by atoms with E-state index in [2.05, 4.69) is 0 Å². The lowest BCUT2D eigenvalue weighted by Crippen LogP contribution is -2.09. The van der Waals surface area contributed by atoms with Crippen LogP contribution >= 0.6 is 11.6 Å². The average molecular weight is 306 g/mol. The third kappa shape index (κ3) is 3.67. The largest absolute Gasteiger partial charge is 0.486 e. The van der Waals surface area contributed by atoms with Gasteiger partial charge in [0.15, 0.2) is 5.75 Å². The van der Waals surface area contributed by atoms with Gasteiger partial charge in [-0.1, -0.05) is 35.9 Å². The number of anilines is 1. The normalized spacial score (nSPS) is 10.2. The Morgan fingerprint density at radius 2 is 1.95 bits per heavy atom.